The minimum atomic E-state index is -1.39. The summed E-state index contributed by atoms with van der Waals surface area (Å²) >= 11 is 0. The van der Waals surface area contributed by atoms with Crippen LogP contribution in [-0.2, 0) is 5.60 Å². The van der Waals surface area contributed by atoms with Crippen LogP contribution in [0, 0.1) is 12.7 Å². The topological polar surface area (TPSA) is 87.4 Å². The summed E-state index contributed by atoms with van der Waals surface area (Å²) < 4.78 is 17.9. The van der Waals surface area contributed by atoms with Crippen LogP contribution in [0.3, 0.4) is 0 Å². The molecule has 2 aromatic rings. The molecule has 1 unspecified atom stereocenters. The Morgan fingerprint density at radius 3 is 2.90 bits per heavy atom. The van der Waals surface area contributed by atoms with Crippen molar-refractivity contribution in [2.24, 2.45) is 0 Å². The van der Waals surface area contributed by atoms with Gasteiger partial charge in [0.15, 0.2) is 0 Å². The van der Waals surface area contributed by atoms with E-state index in [1.54, 1.807) is 13.0 Å². The summed E-state index contributed by atoms with van der Waals surface area (Å²) in [6.07, 6.45) is 1.31. The molecule has 2 rings (SSSR count). The molecule has 0 spiro atoms. The lowest BCUT2D eigenvalue weighted by Crippen LogP contribution is -2.40. The van der Waals surface area contributed by atoms with Gasteiger partial charge in [0.05, 0.1) is 6.54 Å². The summed E-state index contributed by atoms with van der Waals surface area (Å²) in [7, 11) is 0. The second kappa shape index (κ2) is 5.92. The highest BCUT2D eigenvalue weighted by molar-refractivity contribution is 5.89. The van der Waals surface area contributed by atoms with Crippen molar-refractivity contribution in [3.05, 3.63) is 47.6 Å². The maximum atomic E-state index is 13.2. The number of nitrogens with zero attached hydrogens (tertiary/aromatic N) is 1. The standard InChI is InChI=1S/C14H16FN3O3/c1-9-12(7-21-18-9)17-13(19)16-8-14(2,20)10-4-3-5-11(15)6-10/h3-7,20H,8H2,1-2H3,(H2,16,17,19). The Morgan fingerprint density at radius 1 is 1.52 bits per heavy atom. The van der Waals surface area contributed by atoms with Crippen LogP contribution in [0.15, 0.2) is 35.1 Å². The Kier molecular flexibility index (Phi) is 4.23. The van der Waals surface area contributed by atoms with E-state index in [2.05, 4.69) is 15.8 Å². The first kappa shape index (κ1) is 15.0. The number of aromatic nitrogens is 1. The zero-order valence-corrected chi connectivity index (χ0v) is 11.7. The lowest BCUT2D eigenvalue weighted by molar-refractivity contribution is 0.0596. The fourth-order valence-electron chi connectivity index (χ4n) is 1.76. The number of carbonyl (C=O) groups is 1. The van der Waals surface area contributed by atoms with E-state index >= 15 is 0 Å². The molecule has 1 atom stereocenters. The Morgan fingerprint density at radius 2 is 2.29 bits per heavy atom. The molecule has 1 aromatic heterocycles. The van der Waals surface area contributed by atoms with E-state index in [9.17, 15) is 14.3 Å². The van der Waals surface area contributed by atoms with Gasteiger partial charge in [-0.1, -0.05) is 17.3 Å². The largest absolute Gasteiger partial charge is 0.384 e. The van der Waals surface area contributed by atoms with Crippen molar-refractivity contribution in [2.45, 2.75) is 19.4 Å². The number of hydrogen-bond donors (Lipinski definition) is 3. The number of benzene rings is 1. The molecule has 7 heteroatoms. The molecule has 0 aliphatic carbocycles. The predicted octanol–water partition coefficient (Wildman–Crippen LogP) is 2.15. The first-order valence-electron chi connectivity index (χ1n) is 6.33. The molecule has 0 aliphatic rings. The number of carbonyl (C=O) groups excluding carboxylic acids is 1. The van der Waals surface area contributed by atoms with Crippen LogP contribution in [0.5, 0.6) is 0 Å². The number of amides is 2. The average molecular weight is 293 g/mol. The first-order chi connectivity index (χ1) is 9.88. The highest BCUT2D eigenvalue weighted by Gasteiger charge is 2.24. The van der Waals surface area contributed by atoms with Crippen LogP contribution in [0.25, 0.3) is 0 Å². The van der Waals surface area contributed by atoms with E-state index in [0.717, 1.165) is 0 Å². The normalized spacial score (nSPS) is 13.5. The van der Waals surface area contributed by atoms with Gasteiger partial charge in [-0.3, -0.25) is 0 Å². The summed E-state index contributed by atoms with van der Waals surface area (Å²) in [5, 5.41) is 19.0. The Labute approximate surface area is 120 Å². The Balaban J connectivity index is 1.95. The zero-order valence-electron chi connectivity index (χ0n) is 11.7. The summed E-state index contributed by atoms with van der Waals surface area (Å²) in [5.74, 6) is -0.447. The van der Waals surface area contributed by atoms with Crippen LogP contribution < -0.4 is 10.6 Å². The molecule has 0 bridgehead atoms. The number of hydrogen-bond acceptors (Lipinski definition) is 4. The number of aliphatic hydroxyl groups is 1. The van der Waals surface area contributed by atoms with Crippen molar-refractivity contribution in [1.82, 2.24) is 10.5 Å². The second-order valence-electron chi connectivity index (χ2n) is 4.91. The second-order valence-corrected chi connectivity index (χ2v) is 4.91. The minimum Gasteiger partial charge on any atom is -0.384 e. The van der Waals surface area contributed by atoms with E-state index in [0.29, 0.717) is 16.9 Å². The van der Waals surface area contributed by atoms with Crippen molar-refractivity contribution in [3.8, 4) is 0 Å². The van der Waals surface area contributed by atoms with Crippen LogP contribution in [0.1, 0.15) is 18.2 Å². The molecule has 0 aliphatic heterocycles. The van der Waals surface area contributed by atoms with Crippen molar-refractivity contribution < 1.29 is 18.8 Å². The summed E-state index contributed by atoms with van der Waals surface area (Å²) in [6, 6.07) is 5.09. The smallest absolute Gasteiger partial charge is 0.319 e. The van der Waals surface area contributed by atoms with Crippen molar-refractivity contribution >= 4 is 11.7 Å². The summed E-state index contributed by atoms with van der Waals surface area (Å²) in [5.41, 5.74) is -0.0211. The molecule has 6 nitrogen and oxygen atoms in total. The number of aryl methyl sites for hydroxylation is 1. The van der Waals surface area contributed by atoms with Gasteiger partial charge in [0.1, 0.15) is 29.1 Å². The van der Waals surface area contributed by atoms with Crippen molar-refractivity contribution in [3.63, 3.8) is 0 Å². The Bertz CT molecular complexity index is 640. The lowest BCUT2D eigenvalue weighted by Gasteiger charge is -2.24. The van der Waals surface area contributed by atoms with Gasteiger partial charge in [-0.05, 0) is 31.5 Å². The zero-order chi connectivity index (χ0) is 15.5. The molecule has 0 saturated heterocycles. The monoisotopic (exact) mass is 293 g/mol. The van der Waals surface area contributed by atoms with Gasteiger partial charge < -0.3 is 20.3 Å². The predicted molar refractivity (Wildman–Crippen MR) is 74.2 cm³/mol. The molecular weight excluding hydrogens is 277 g/mol. The highest BCUT2D eigenvalue weighted by atomic mass is 19.1. The lowest BCUT2D eigenvalue weighted by atomic mass is 9.96. The molecule has 112 valence electrons. The van der Waals surface area contributed by atoms with Gasteiger partial charge in [-0.25, -0.2) is 9.18 Å². The third-order valence-electron chi connectivity index (χ3n) is 3.04. The number of rotatable bonds is 4. The van der Waals surface area contributed by atoms with Gasteiger partial charge >= 0.3 is 6.03 Å². The van der Waals surface area contributed by atoms with E-state index in [1.807, 2.05) is 0 Å². The van der Waals surface area contributed by atoms with Gasteiger partial charge in [-0.15, -0.1) is 0 Å². The summed E-state index contributed by atoms with van der Waals surface area (Å²) in [6.45, 7) is 3.10. The Hall–Kier alpha value is -2.41. The van der Waals surface area contributed by atoms with Crippen molar-refractivity contribution in [2.75, 3.05) is 11.9 Å². The number of halogens is 1. The maximum absolute atomic E-state index is 13.2. The van der Waals surface area contributed by atoms with E-state index in [1.165, 1.54) is 31.4 Å². The van der Waals surface area contributed by atoms with Crippen LogP contribution in [-0.4, -0.2) is 22.8 Å². The third kappa shape index (κ3) is 3.79. The van der Waals surface area contributed by atoms with E-state index < -0.39 is 17.4 Å². The van der Waals surface area contributed by atoms with Crippen molar-refractivity contribution in [1.29, 1.82) is 0 Å². The van der Waals surface area contributed by atoms with E-state index in [-0.39, 0.29) is 6.54 Å². The molecule has 0 radical (unpaired) electrons. The third-order valence-corrected chi connectivity index (χ3v) is 3.04. The number of urea groups is 1. The highest BCUT2D eigenvalue weighted by Crippen LogP contribution is 2.20. The average Bonchev–Trinajstić information content (AvgIpc) is 2.82. The number of anilines is 1. The molecule has 0 saturated carbocycles. The molecular formula is C14H16FN3O3. The molecule has 1 heterocycles. The minimum absolute atomic E-state index is 0.0768. The first-order valence-corrected chi connectivity index (χ1v) is 6.33. The summed E-state index contributed by atoms with van der Waals surface area (Å²) in [4.78, 5) is 11.7. The fraction of sp³-hybridized carbons (Fsp3) is 0.286. The van der Waals surface area contributed by atoms with Gasteiger partial charge in [0.2, 0.25) is 0 Å². The molecule has 1 aromatic carbocycles. The van der Waals surface area contributed by atoms with Gasteiger partial charge in [0, 0.05) is 0 Å². The molecule has 2 amide bonds. The van der Waals surface area contributed by atoms with Crippen LogP contribution in [0.2, 0.25) is 0 Å². The molecule has 21 heavy (non-hydrogen) atoms. The molecule has 3 N–H and O–H groups in total. The molecule has 0 fully saturated rings. The van der Waals surface area contributed by atoms with Gasteiger partial charge in [0.25, 0.3) is 0 Å². The van der Waals surface area contributed by atoms with E-state index in [4.69, 9.17) is 4.52 Å². The maximum Gasteiger partial charge on any atom is 0.319 e. The van der Waals surface area contributed by atoms with Crippen LogP contribution in [0.4, 0.5) is 14.9 Å². The van der Waals surface area contributed by atoms with Crippen LogP contribution >= 0.6 is 0 Å². The fourth-order valence-corrected chi connectivity index (χ4v) is 1.76. The van der Waals surface area contributed by atoms with Gasteiger partial charge in [-0.2, -0.15) is 0 Å². The quantitative estimate of drug-likeness (QED) is 0.806. The SMILES string of the molecule is Cc1nocc1NC(=O)NCC(C)(O)c1cccc(F)c1. The number of nitrogens with one attached hydrogen (secondary N) is 2.